The Labute approximate surface area is 111 Å². The highest BCUT2D eigenvalue weighted by Gasteiger charge is 2.17. The minimum atomic E-state index is -0.350. The van der Waals surface area contributed by atoms with Crippen LogP contribution in [-0.2, 0) is 0 Å². The largest absolute Gasteiger partial charge is 0.392 e. The van der Waals surface area contributed by atoms with Gasteiger partial charge in [-0.05, 0) is 38.1 Å². The number of urea groups is 1. The molecule has 3 N–H and O–H groups in total. The van der Waals surface area contributed by atoms with Crippen LogP contribution in [0, 0.1) is 5.82 Å². The lowest BCUT2D eigenvalue weighted by molar-refractivity contribution is 0.206. The molecule has 0 aromatic heterocycles. The summed E-state index contributed by atoms with van der Waals surface area (Å²) < 4.78 is 12.7. The average molecular weight is 269 g/mol. The molecule has 0 aliphatic carbocycles. The number of hydrogen-bond acceptors (Lipinski definition) is 2. The minimum absolute atomic E-state index is 0.0352. The standard InChI is InChI=1S/C12H16FN3OS/c1-8(2)16(7-11(14)18)12(17)15-10-5-3-9(13)4-6-10/h3-6,8H,7H2,1-2H3,(H2,14,18)(H,15,17). The predicted molar refractivity (Wildman–Crippen MR) is 74.0 cm³/mol. The zero-order chi connectivity index (χ0) is 13.7. The van der Waals surface area contributed by atoms with Gasteiger partial charge in [-0.1, -0.05) is 12.2 Å². The van der Waals surface area contributed by atoms with Crippen LogP contribution >= 0.6 is 12.2 Å². The van der Waals surface area contributed by atoms with Crippen LogP contribution in [0.1, 0.15) is 13.8 Å². The van der Waals surface area contributed by atoms with Crippen molar-refractivity contribution in [1.82, 2.24) is 4.90 Å². The monoisotopic (exact) mass is 269 g/mol. The van der Waals surface area contributed by atoms with Crippen molar-refractivity contribution in [3.63, 3.8) is 0 Å². The maximum Gasteiger partial charge on any atom is 0.322 e. The quantitative estimate of drug-likeness (QED) is 0.825. The molecule has 0 atom stereocenters. The van der Waals surface area contributed by atoms with E-state index in [0.29, 0.717) is 5.69 Å². The van der Waals surface area contributed by atoms with Crippen molar-refractivity contribution in [2.75, 3.05) is 11.9 Å². The number of carbonyl (C=O) groups is 1. The van der Waals surface area contributed by atoms with Crippen molar-refractivity contribution in [2.45, 2.75) is 19.9 Å². The van der Waals surface area contributed by atoms with E-state index in [1.807, 2.05) is 13.8 Å². The van der Waals surface area contributed by atoms with Gasteiger partial charge in [0.15, 0.2) is 0 Å². The van der Waals surface area contributed by atoms with E-state index in [4.69, 9.17) is 18.0 Å². The van der Waals surface area contributed by atoms with E-state index in [1.165, 1.54) is 29.2 Å². The van der Waals surface area contributed by atoms with Gasteiger partial charge in [-0.2, -0.15) is 0 Å². The molecule has 0 aliphatic rings. The Kier molecular flexibility index (Phi) is 5.03. The van der Waals surface area contributed by atoms with E-state index >= 15 is 0 Å². The number of anilines is 1. The second-order valence-electron chi connectivity index (χ2n) is 4.13. The Balaban J connectivity index is 2.72. The van der Waals surface area contributed by atoms with Gasteiger partial charge in [0.25, 0.3) is 0 Å². The Morgan fingerprint density at radius 1 is 1.44 bits per heavy atom. The van der Waals surface area contributed by atoms with E-state index in [9.17, 15) is 9.18 Å². The molecule has 0 bridgehead atoms. The third-order valence-electron chi connectivity index (χ3n) is 2.31. The van der Waals surface area contributed by atoms with Crippen molar-refractivity contribution in [1.29, 1.82) is 0 Å². The highest BCUT2D eigenvalue weighted by atomic mass is 32.1. The number of nitrogens with zero attached hydrogens (tertiary/aromatic N) is 1. The van der Waals surface area contributed by atoms with E-state index in [0.717, 1.165) is 0 Å². The van der Waals surface area contributed by atoms with Crippen LogP contribution in [-0.4, -0.2) is 28.5 Å². The maximum absolute atomic E-state index is 12.7. The highest BCUT2D eigenvalue weighted by molar-refractivity contribution is 7.80. The SMILES string of the molecule is CC(C)N(CC(N)=S)C(=O)Nc1ccc(F)cc1. The number of thiocarbonyl (C=S) groups is 1. The summed E-state index contributed by atoms with van der Waals surface area (Å²) in [5.74, 6) is -0.350. The summed E-state index contributed by atoms with van der Waals surface area (Å²) in [7, 11) is 0. The van der Waals surface area contributed by atoms with Gasteiger partial charge in [0.2, 0.25) is 0 Å². The van der Waals surface area contributed by atoms with Crippen LogP contribution in [0.5, 0.6) is 0 Å². The van der Waals surface area contributed by atoms with Crippen molar-refractivity contribution in [2.24, 2.45) is 5.73 Å². The van der Waals surface area contributed by atoms with Crippen LogP contribution in [0.4, 0.5) is 14.9 Å². The topological polar surface area (TPSA) is 58.4 Å². The first-order chi connectivity index (χ1) is 8.40. The summed E-state index contributed by atoms with van der Waals surface area (Å²) in [5.41, 5.74) is 5.97. The zero-order valence-corrected chi connectivity index (χ0v) is 11.1. The number of hydrogen-bond donors (Lipinski definition) is 2. The van der Waals surface area contributed by atoms with Crippen LogP contribution in [0.2, 0.25) is 0 Å². The predicted octanol–water partition coefficient (Wildman–Crippen LogP) is 2.35. The molecule has 0 heterocycles. The number of halogens is 1. The van der Waals surface area contributed by atoms with E-state index in [2.05, 4.69) is 5.32 Å². The molecule has 18 heavy (non-hydrogen) atoms. The van der Waals surface area contributed by atoms with Gasteiger partial charge in [0.05, 0.1) is 11.5 Å². The molecule has 1 aromatic rings. The first-order valence-electron chi connectivity index (χ1n) is 5.51. The van der Waals surface area contributed by atoms with E-state index in [-0.39, 0.29) is 29.4 Å². The molecule has 0 fully saturated rings. The summed E-state index contributed by atoms with van der Waals surface area (Å²) in [6.45, 7) is 3.94. The number of benzene rings is 1. The third kappa shape index (κ3) is 4.29. The van der Waals surface area contributed by atoms with Gasteiger partial charge in [-0.3, -0.25) is 0 Å². The number of carbonyl (C=O) groups excluding carboxylic acids is 1. The normalized spacial score (nSPS) is 10.2. The molecule has 1 rings (SSSR count). The van der Waals surface area contributed by atoms with Gasteiger partial charge in [0, 0.05) is 11.7 Å². The van der Waals surface area contributed by atoms with Crippen molar-refractivity contribution in [3.05, 3.63) is 30.1 Å². The first-order valence-corrected chi connectivity index (χ1v) is 5.92. The molecular formula is C12H16FN3OS. The molecule has 4 nitrogen and oxygen atoms in total. The van der Waals surface area contributed by atoms with Crippen LogP contribution in [0.25, 0.3) is 0 Å². The van der Waals surface area contributed by atoms with Crippen LogP contribution in [0.3, 0.4) is 0 Å². The summed E-state index contributed by atoms with van der Waals surface area (Å²) in [5, 5.41) is 2.66. The fourth-order valence-corrected chi connectivity index (χ4v) is 1.52. The highest BCUT2D eigenvalue weighted by Crippen LogP contribution is 2.10. The van der Waals surface area contributed by atoms with Crippen molar-refractivity contribution >= 4 is 28.9 Å². The van der Waals surface area contributed by atoms with Gasteiger partial charge < -0.3 is 16.0 Å². The lowest BCUT2D eigenvalue weighted by Crippen LogP contribution is -2.44. The molecule has 6 heteroatoms. The Bertz CT molecular complexity index is 433. The lowest BCUT2D eigenvalue weighted by atomic mass is 10.3. The molecule has 0 saturated heterocycles. The molecule has 98 valence electrons. The average Bonchev–Trinajstić information content (AvgIpc) is 2.28. The number of nitrogens with two attached hydrogens (primary N) is 1. The maximum atomic E-state index is 12.7. The fourth-order valence-electron chi connectivity index (χ4n) is 1.39. The van der Waals surface area contributed by atoms with E-state index < -0.39 is 0 Å². The Morgan fingerprint density at radius 2 is 2.00 bits per heavy atom. The van der Waals surface area contributed by atoms with Crippen molar-refractivity contribution < 1.29 is 9.18 Å². The smallest absolute Gasteiger partial charge is 0.322 e. The zero-order valence-electron chi connectivity index (χ0n) is 10.3. The molecule has 0 radical (unpaired) electrons. The van der Waals surface area contributed by atoms with Gasteiger partial charge in [-0.15, -0.1) is 0 Å². The Morgan fingerprint density at radius 3 is 2.44 bits per heavy atom. The van der Waals surface area contributed by atoms with E-state index in [1.54, 1.807) is 0 Å². The first kappa shape index (κ1) is 14.4. The summed E-state index contributed by atoms with van der Waals surface area (Å²) in [6, 6.07) is 5.20. The second kappa shape index (κ2) is 6.30. The summed E-state index contributed by atoms with van der Waals surface area (Å²) in [4.78, 5) is 13.7. The molecule has 2 amide bonds. The van der Waals surface area contributed by atoms with Crippen LogP contribution in [0.15, 0.2) is 24.3 Å². The molecular weight excluding hydrogens is 253 g/mol. The molecule has 0 saturated carbocycles. The number of amides is 2. The van der Waals surface area contributed by atoms with Gasteiger partial charge in [-0.25, -0.2) is 9.18 Å². The molecule has 0 aliphatic heterocycles. The van der Waals surface area contributed by atoms with Crippen molar-refractivity contribution in [3.8, 4) is 0 Å². The van der Waals surface area contributed by atoms with Gasteiger partial charge >= 0.3 is 6.03 Å². The fraction of sp³-hybridized carbons (Fsp3) is 0.333. The number of nitrogens with one attached hydrogen (secondary N) is 1. The summed E-state index contributed by atoms with van der Waals surface area (Å²) >= 11 is 4.80. The van der Waals surface area contributed by atoms with Crippen LogP contribution < -0.4 is 11.1 Å². The molecule has 0 spiro atoms. The Hall–Kier alpha value is -1.69. The second-order valence-corrected chi connectivity index (χ2v) is 4.65. The minimum Gasteiger partial charge on any atom is -0.392 e. The number of rotatable bonds is 4. The molecule has 1 aromatic carbocycles. The van der Waals surface area contributed by atoms with Gasteiger partial charge in [0.1, 0.15) is 5.82 Å². The lowest BCUT2D eigenvalue weighted by Gasteiger charge is -2.26. The summed E-state index contributed by atoms with van der Waals surface area (Å²) in [6.07, 6.45) is 0. The third-order valence-corrected chi connectivity index (χ3v) is 2.43. The molecule has 0 unspecified atom stereocenters.